The van der Waals surface area contributed by atoms with Crippen molar-refractivity contribution < 1.29 is 23.8 Å². The SMILES string of the molecule is O=C(O)c1ccc(CNCCC(=O)N2CCOCC2)o1. The van der Waals surface area contributed by atoms with E-state index in [0.717, 1.165) is 0 Å². The van der Waals surface area contributed by atoms with Gasteiger partial charge in [0.15, 0.2) is 0 Å². The zero-order valence-corrected chi connectivity index (χ0v) is 11.1. The summed E-state index contributed by atoms with van der Waals surface area (Å²) < 4.78 is 10.3. The zero-order chi connectivity index (χ0) is 14.4. The molecule has 20 heavy (non-hydrogen) atoms. The van der Waals surface area contributed by atoms with Gasteiger partial charge in [0, 0.05) is 26.1 Å². The molecule has 2 heterocycles. The number of nitrogens with zero attached hydrogens (tertiary/aromatic N) is 1. The molecule has 1 aromatic heterocycles. The summed E-state index contributed by atoms with van der Waals surface area (Å²) in [5.74, 6) is -0.516. The van der Waals surface area contributed by atoms with Crippen LogP contribution in [0.1, 0.15) is 22.7 Å². The van der Waals surface area contributed by atoms with Crippen molar-refractivity contribution in [3.05, 3.63) is 23.7 Å². The highest BCUT2D eigenvalue weighted by Crippen LogP contribution is 2.07. The van der Waals surface area contributed by atoms with Crippen LogP contribution in [0.2, 0.25) is 0 Å². The average Bonchev–Trinajstić information content (AvgIpc) is 2.93. The molecule has 0 radical (unpaired) electrons. The summed E-state index contributed by atoms with van der Waals surface area (Å²) in [5.41, 5.74) is 0. The van der Waals surface area contributed by atoms with Crippen molar-refractivity contribution in [3.8, 4) is 0 Å². The van der Waals surface area contributed by atoms with Crippen molar-refractivity contribution in [2.45, 2.75) is 13.0 Å². The van der Waals surface area contributed by atoms with Crippen LogP contribution in [0.4, 0.5) is 0 Å². The first-order valence-corrected chi connectivity index (χ1v) is 6.55. The van der Waals surface area contributed by atoms with Crippen molar-refractivity contribution >= 4 is 11.9 Å². The van der Waals surface area contributed by atoms with Gasteiger partial charge in [0.05, 0.1) is 19.8 Å². The van der Waals surface area contributed by atoms with Crippen LogP contribution in [-0.4, -0.2) is 54.7 Å². The Morgan fingerprint density at radius 2 is 2.05 bits per heavy atom. The number of rotatable bonds is 6. The molecule has 0 aromatic carbocycles. The molecule has 0 atom stereocenters. The molecule has 7 heteroatoms. The number of amides is 1. The fourth-order valence-electron chi connectivity index (χ4n) is 1.97. The van der Waals surface area contributed by atoms with Crippen molar-refractivity contribution in [3.63, 3.8) is 0 Å². The molecule has 110 valence electrons. The van der Waals surface area contributed by atoms with Gasteiger partial charge in [0.25, 0.3) is 0 Å². The Kier molecular flexibility index (Phi) is 5.14. The van der Waals surface area contributed by atoms with Gasteiger partial charge in [-0.25, -0.2) is 4.79 Å². The van der Waals surface area contributed by atoms with Crippen LogP contribution >= 0.6 is 0 Å². The normalized spacial score (nSPS) is 15.3. The number of carbonyl (C=O) groups excluding carboxylic acids is 1. The molecule has 0 aliphatic carbocycles. The third-order valence-electron chi connectivity index (χ3n) is 3.05. The van der Waals surface area contributed by atoms with Crippen molar-refractivity contribution in [2.75, 3.05) is 32.8 Å². The summed E-state index contributed by atoms with van der Waals surface area (Å²) in [6.07, 6.45) is 0.409. The molecule has 1 amide bonds. The highest BCUT2D eigenvalue weighted by Gasteiger charge is 2.16. The number of furan rings is 1. The minimum absolute atomic E-state index is 0.0776. The maximum Gasteiger partial charge on any atom is 0.371 e. The lowest BCUT2D eigenvalue weighted by molar-refractivity contribution is -0.135. The molecule has 0 saturated carbocycles. The molecule has 7 nitrogen and oxygen atoms in total. The van der Waals surface area contributed by atoms with E-state index < -0.39 is 5.97 Å². The quantitative estimate of drug-likeness (QED) is 0.730. The molecule has 2 rings (SSSR count). The van der Waals surface area contributed by atoms with Crippen molar-refractivity contribution in [2.24, 2.45) is 0 Å². The highest BCUT2D eigenvalue weighted by molar-refractivity contribution is 5.84. The highest BCUT2D eigenvalue weighted by atomic mass is 16.5. The van der Waals surface area contributed by atoms with Crippen LogP contribution in [0.25, 0.3) is 0 Å². The first-order valence-electron chi connectivity index (χ1n) is 6.55. The van der Waals surface area contributed by atoms with Gasteiger partial charge in [-0.05, 0) is 12.1 Å². The van der Waals surface area contributed by atoms with E-state index in [-0.39, 0.29) is 11.7 Å². The Balaban J connectivity index is 1.65. The second-order valence-electron chi connectivity index (χ2n) is 4.49. The minimum Gasteiger partial charge on any atom is -0.475 e. The molecule has 1 fully saturated rings. The fraction of sp³-hybridized carbons (Fsp3) is 0.538. The number of carbonyl (C=O) groups is 2. The third kappa shape index (κ3) is 4.07. The van der Waals surface area contributed by atoms with Crippen LogP contribution < -0.4 is 5.32 Å². The second kappa shape index (κ2) is 7.06. The van der Waals surface area contributed by atoms with Crippen LogP contribution in [0.5, 0.6) is 0 Å². The van der Waals surface area contributed by atoms with Gasteiger partial charge in [-0.1, -0.05) is 0 Å². The molecule has 1 aliphatic rings. The summed E-state index contributed by atoms with van der Waals surface area (Å²) in [4.78, 5) is 24.3. The topological polar surface area (TPSA) is 92.0 Å². The van der Waals surface area contributed by atoms with Crippen LogP contribution in [0.3, 0.4) is 0 Å². The minimum atomic E-state index is -1.08. The maximum atomic E-state index is 11.8. The predicted molar refractivity (Wildman–Crippen MR) is 69.4 cm³/mol. The Morgan fingerprint density at radius 1 is 1.30 bits per heavy atom. The largest absolute Gasteiger partial charge is 0.475 e. The molecule has 1 aromatic rings. The van der Waals surface area contributed by atoms with E-state index in [1.54, 1.807) is 11.0 Å². The Morgan fingerprint density at radius 3 is 2.70 bits per heavy atom. The molecule has 1 aliphatic heterocycles. The van der Waals surface area contributed by atoms with Gasteiger partial charge in [-0.3, -0.25) is 4.79 Å². The molecule has 0 bridgehead atoms. The number of nitrogens with one attached hydrogen (secondary N) is 1. The number of morpholine rings is 1. The van der Waals surface area contributed by atoms with E-state index in [4.69, 9.17) is 14.3 Å². The number of carboxylic acids is 1. The van der Waals surface area contributed by atoms with Gasteiger partial charge >= 0.3 is 5.97 Å². The maximum absolute atomic E-state index is 11.8. The monoisotopic (exact) mass is 282 g/mol. The average molecular weight is 282 g/mol. The van der Waals surface area contributed by atoms with Crippen molar-refractivity contribution in [1.82, 2.24) is 10.2 Å². The summed E-state index contributed by atoms with van der Waals surface area (Å²) >= 11 is 0. The Labute approximate surface area is 116 Å². The molecule has 1 saturated heterocycles. The van der Waals surface area contributed by atoms with Gasteiger partial charge < -0.3 is 24.5 Å². The lowest BCUT2D eigenvalue weighted by atomic mass is 10.3. The number of aromatic carboxylic acids is 1. The third-order valence-corrected chi connectivity index (χ3v) is 3.05. The lowest BCUT2D eigenvalue weighted by Gasteiger charge is -2.26. The molecular formula is C13H18N2O5. The van der Waals surface area contributed by atoms with Crippen LogP contribution in [0, 0.1) is 0 Å². The predicted octanol–water partition coefficient (Wildman–Crippen LogP) is 0.316. The summed E-state index contributed by atoms with van der Waals surface area (Å²) in [5, 5.41) is 11.8. The van der Waals surface area contributed by atoms with E-state index in [2.05, 4.69) is 5.32 Å². The van der Waals surface area contributed by atoms with Crippen LogP contribution in [-0.2, 0) is 16.1 Å². The summed E-state index contributed by atoms with van der Waals surface area (Å²) in [6, 6.07) is 3.03. The second-order valence-corrected chi connectivity index (χ2v) is 4.49. The zero-order valence-electron chi connectivity index (χ0n) is 11.1. The number of hydrogen-bond donors (Lipinski definition) is 2. The number of carboxylic acid groups (broad SMARTS) is 1. The lowest BCUT2D eigenvalue weighted by Crippen LogP contribution is -2.41. The number of ether oxygens (including phenoxy) is 1. The number of hydrogen-bond acceptors (Lipinski definition) is 5. The molecule has 0 unspecified atom stereocenters. The summed E-state index contributed by atoms with van der Waals surface area (Å²) in [7, 11) is 0. The van der Waals surface area contributed by atoms with Crippen molar-refractivity contribution in [1.29, 1.82) is 0 Å². The van der Waals surface area contributed by atoms with E-state index >= 15 is 0 Å². The van der Waals surface area contributed by atoms with E-state index in [9.17, 15) is 9.59 Å². The fourth-order valence-corrected chi connectivity index (χ4v) is 1.97. The first-order chi connectivity index (χ1) is 9.66. The first kappa shape index (κ1) is 14.5. The van der Waals surface area contributed by atoms with Gasteiger partial charge in [0.1, 0.15) is 5.76 Å². The van der Waals surface area contributed by atoms with E-state index in [1.807, 2.05) is 0 Å². The molecular weight excluding hydrogens is 264 g/mol. The van der Waals surface area contributed by atoms with E-state index in [0.29, 0.717) is 51.6 Å². The van der Waals surface area contributed by atoms with Crippen LogP contribution in [0.15, 0.2) is 16.5 Å². The van der Waals surface area contributed by atoms with Gasteiger partial charge in [-0.2, -0.15) is 0 Å². The van der Waals surface area contributed by atoms with Gasteiger partial charge in [-0.15, -0.1) is 0 Å². The Hall–Kier alpha value is -1.86. The standard InChI is InChI=1S/C13H18N2O5/c16-12(15-5-7-19-8-6-15)3-4-14-9-10-1-2-11(20-10)13(17)18/h1-2,14H,3-9H2,(H,17,18). The molecule has 2 N–H and O–H groups in total. The van der Waals surface area contributed by atoms with E-state index in [1.165, 1.54) is 6.07 Å². The molecule has 0 spiro atoms. The Bertz CT molecular complexity index is 465. The van der Waals surface area contributed by atoms with Gasteiger partial charge in [0.2, 0.25) is 11.7 Å². The smallest absolute Gasteiger partial charge is 0.371 e. The summed E-state index contributed by atoms with van der Waals surface area (Å²) in [6.45, 7) is 3.44.